The fourth-order valence-electron chi connectivity index (χ4n) is 2.45. The molecule has 0 unspecified atom stereocenters. The number of ether oxygens (including phenoxy) is 1. The van der Waals surface area contributed by atoms with E-state index in [1.54, 1.807) is 7.11 Å². The molecule has 3 aromatic rings. The van der Waals surface area contributed by atoms with Crippen LogP contribution in [0.2, 0.25) is 0 Å². The van der Waals surface area contributed by atoms with E-state index in [1.807, 2.05) is 78.9 Å². The standard InChI is InChI=1S/C20H16O2/c1-22-17-13-11-15(12-14-17)18-9-5-6-10-19(18)20(21)16-7-3-2-4-8-16/h2-14H,1H3. The van der Waals surface area contributed by atoms with Gasteiger partial charge in [0, 0.05) is 11.1 Å². The van der Waals surface area contributed by atoms with Gasteiger partial charge in [-0.1, -0.05) is 66.7 Å². The molecule has 0 saturated carbocycles. The Labute approximate surface area is 130 Å². The smallest absolute Gasteiger partial charge is 0.193 e. The second-order valence-electron chi connectivity index (χ2n) is 4.97. The van der Waals surface area contributed by atoms with Gasteiger partial charge >= 0.3 is 0 Å². The Kier molecular flexibility index (Phi) is 4.01. The van der Waals surface area contributed by atoms with Crippen molar-refractivity contribution in [3.63, 3.8) is 0 Å². The van der Waals surface area contributed by atoms with Gasteiger partial charge in [-0.15, -0.1) is 0 Å². The van der Waals surface area contributed by atoms with Gasteiger partial charge in [0.2, 0.25) is 0 Å². The van der Waals surface area contributed by atoms with Crippen LogP contribution in [-0.2, 0) is 0 Å². The molecule has 0 aromatic heterocycles. The maximum absolute atomic E-state index is 12.7. The molecule has 0 aliphatic rings. The number of hydrogen-bond acceptors (Lipinski definition) is 2. The van der Waals surface area contributed by atoms with Crippen molar-refractivity contribution in [1.82, 2.24) is 0 Å². The van der Waals surface area contributed by atoms with E-state index in [0.29, 0.717) is 11.1 Å². The van der Waals surface area contributed by atoms with Crippen molar-refractivity contribution in [2.24, 2.45) is 0 Å². The van der Waals surface area contributed by atoms with Crippen molar-refractivity contribution in [1.29, 1.82) is 0 Å². The number of rotatable bonds is 4. The van der Waals surface area contributed by atoms with Crippen molar-refractivity contribution in [3.8, 4) is 16.9 Å². The normalized spacial score (nSPS) is 10.2. The molecule has 0 atom stereocenters. The van der Waals surface area contributed by atoms with Gasteiger partial charge in [-0.05, 0) is 23.3 Å². The highest BCUT2D eigenvalue weighted by molar-refractivity contribution is 6.12. The third-order valence-corrected chi connectivity index (χ3v) is 3.61. The van der Waals surface area contributed by atoms with E-state index in [2.05, 4.69) is 0 Å². The Morgan fingerprint density at radius 1 is 0.773 bits per heavy atom. The zero-order chi connectivity index (χ0) is 15.4. The molecular weight excluding hydrogens is 272 g/mol. The molecule has 22 heavy (non-hydrogen) atoms. The first-order valence-electron chi connectivity index (χ1n) is 7.13. The molecule has 3 rings (SSSR count). The van der Waals surface area contributed by atoms with E-state index < -0.39 is 0 Å². The SMILES string of the molecule is COc1ccc(-c2ccccc2C(=O)c2ccccc2)cc1. The molecule has 2 nitrogen and oxygen atoms in total. The van der Waals surface area contributed by atoms with Gasteiger partial charge in [0.05, 0.1) is 7.11 Å². The fourth-order valence-corrected chi connectivity index (χ4v) is 2.45. The van der Waals surface area contributed by atoms with Crippen molar-refractivity contribution in [3.05, 3.63) is 90.0 Å². The Morgan fingerprint density at radius 3 is 2.09 bits per heavy atom. The Hall–Kier alpha value is -2.87. The van der Waals surface area contributed by atoms with Crippen molar-refractivity contribution in [2.45, 2.75) is 0 Å². The van der Waals surface area contributed by atoms with Crippen LogP contribution in [0.25, 0.3) is 11.1 Å². The van der Waals surface area contributed by atoms with Gasteiger partial charge in [0.15, 0.2) is 5.78 Å². The minimum Gasteiger partial charge on any atom is -0.497 e. The average molecular weight is 288 g/mol. The number of carbonyl (C=O) groups excluding carboxylic acids is 1. The summed E-state index contributed by atoms with van der Waals surface area (Å²) in [6.45, 7) is 0. The van der Waals surface area contributed by atoms with Crippen molar-refractivity contribution in [2.75, 3.05) is 7.11 Å². The highest BCUT2D eigenvalue weighted by Gasteiger charge is 2.14. The van der Waals surface area contributed by atoms with Crippen LogP contribution in [0.4, 0.5) is 0 Å². The molecule has 0 fully saturated rings. The molecule has 0 spiro atoms. The van der Waals surface area contributed by atoms with Crippen LogP contribution in [0.15, 0.2) is 78.9 Å². The molecule has 108 valence electrons. The van der Waals surface area contributed by atoms with Crippen LogP contribution in [0, 0.1) is 0 Å². The van der Waals surface area contributed by atoms with Gasteiger partial charge in [-0.2, -0.15) is 0 Å². The van der Waals surface area contributed by atoms with Gasteiger partial charge in [0.1, 0.15) is 5.75 Å². The molecular formula is C20H16O2. The predicted molar refractivity (Wildman–Crippen MR) is 88.3 cm³/mol. The lowest BCUT2D eigenvalue weighted by atomic mass is 9.94. The summed E-state index contributed by atoms with van der Waals surface area (Å²) in [5.74, 6) is 0.836. The van der Waals surface area contributed by atoms with Crippen LogP contribution in [0.1, 0.15) is 15.9 Å². The van der Waals surface area contributed by atoms with Gasteiger partial charge in [-0.25, -0.2) is 0 Å². The Bertz CT molecular complexity index is 774. The zero-order valence-corrected chi connectivity index (χ0v) is 12.3. The van der Waals surface area contributed by atoms with Crippen molar-refractivity contribution < 1.29 is 9.53 Å². The highest BCUT2D eigenvalue weighted by Crippen LogP contribution is 2.27. The van der Waals surface area contributed by atoms with Crippen LogP contribution >= 0.6 is 0 Å². The third-order valence-electron chi connectivity index (χ3n) is 3.61. The van der Waals surface area contributed by atoms with Crippen LogP contribution in [-0.4, -0.2) is 12.9 Å². The molecule has 0 amide bonds. The molecule has 0 N–H and O–H groups in total. The largest absolute Gasteiger partial charge is 0.497 e. The van der Waals surface area contributed by atoms with Crippen molar-refractivity contribution >= 4 is 5.78 Å². The van der Waals surface area contributed by atoms with E-state index in [0.717, 1.165) is 16.9 Å². The van der Waals surface area contributed by atoms with Crippen LogP contribution in [0.3, 0.4) is 0 Å². The third kappa shape index (κ3) is 2.77. The predicted octanol–water partition coefficient (Wildman–Crippen LogP) is 4.59. The first kappa shape index (κ1) is 14.1. The molecule has 0 aliphatic heterocycles. The minimum absolute atomic E-state index is 0.0343. The second-order valence-corrected chi connectivity index (χ2v) is 4.97. The lowest BCUT2D eigenvalue weighted by molar-refractivity contribution is 0.103. The van der Waals surface area contributed by atoms with E-state index in [-0.39, 0.29) is 5.78 Å². The van der Waals surface area contributed by atoms with Gasteiger partial charge in [-0.3, -0.25) is 4.79 Å². The monoisotopic (exact) mass is 288 g/mol. The van der Waals surface area contributed by atoms with Crippen LogP contribution in [0.5, 0.6) is 5.75 Å². The molecule has 0 bridgehead atoms. The molecule has 0 radical (unpaired) electrons. The summed E-state index contributed by atoms with van der Waals surface area (Å²) in [7, 11) is 1.64. The molecule has 0 saturated heterocycles. The molecule has 0 heterocycles. The summed E-state index contributed by atoms with van der Waals surface area (Å²) >= 11 is 0. The molecule has 0 aliphatic carbocycles. The Morgan fingerprint density at radius 2 is 1.41 bits per heavy atom. The number of hydrogen-bond donors (Lipinski definition) is 0. The van der Waals surface area contributed by atoms with E-state index in [4.69, 9.17) is 4.74 Å². The lowest BCUT2D eigenvalue weighted by Crippen LogP contribution is -2.03. The van der Waals surface area contributed by atoms with Gasteiger partial charge < -0.3 is 4.74 Å². The first-order chi connectivity index (χ1) is 10.8. The van der Waals surface area contributed by atoms with Gasteiger partial charge in [0.25, 0.3) is 0 Å². The number of ketones is 1. The summed E-state index contributed by atoms with van der Waals surface area (Å²) in [5, 5.41) is 0. The summed E-state index contributed by atoms with van der Waals surface area (Å²) in [6, 6.07) is 24.8. The summed E-state index contributed by atoms with van der Waals surface area (Å²) in [6.07, 6.45) is 0. The average Bonchev–Trinajstić information content (AvgIpc) is 2.62. The number of benzene rings is 3. The Balaban J connectivity index is 2.04. The fraction of sp³-hybridized carbons (Fsp3) is 0.0500. The summed E-state index contributed by atoms with van der Waals surface area (Å²) in [5.41, 5.74) is 3.34. The maximum atomic E-state index is 12.7. The number of carbonyl (C=O) groups is 1. The summed E-state index contributed by atoms with van der Waals surface area (Å²) in [4.78, 5) is 12.7. The quantitative estimate of drug-likeness (QED) is 0.656. The lowest BCUT2D eigenvalue weighted by Gasteiger charge is -2.10. The maximum Gasteiger partial charge on any atom is 0.193 e. The zero-order valence-electron chi connectivity index (χ0n) is 12.3. The number of methoxy groups -OCH3 is 1. The van der Waals surface area contributed by atoms with E-state index in [9.17, 15) is 4.79 Å². The second kappa shape index (κ2) is 6.27. The van der Waals surface area contributed by atoms with Crippen LogP contribution < -0.4 is 4.74 Å². The first-order valence-corrected chi connectivity index (χ1v) is 7.13. The summed E-state index contributed by atoms with van der Waals surface area (Å²) < 4.78 is 5.19. The molecule has 2 heteroatoms. The minimum atomic E-state index is 0.0343. The van der Waals surface area contributed by atoms with E-state index in [1.165, 1.54) is 0 Å². The van der Waals surface area contributed by atoms with E-state index >= 15 is 0 Å². The highest BCUT2D eigenvalue weighted by atomic mass is 16.5. The molecule has 3 aromatic carbocycles. The topological polar surface area (TPSA) is 26.3 Å².